The van der Waals surface area contributed by atoms with Crippen LogP contribution in [0.4, 0.5) is 5.95 Å². The molecule has 2 rings (SSSR count). The van der Waals surface area contributed by atoms with Gasteiger partial charge in [-0.25, -0.2) is 9.97 Å². The lowest BCUT2D eigenvalue weighted by Gasteiger charge is -2.04. The molecule has 0 saturated heterocycles. The topological polar surface area (TPSA) is 73.9 Å². The average Bonchev–Trinajstić information content (AvgIpc) is 2.31. The van der Waals surface area contributed by atoms with Crippen molar-refractivity contribution in [3.05, 3.63) is 29.4 Å². The summed E-state index contributed by atoms with van der Waals surface area (Å²) in [5.41, 5.74) is 5.56. The van der Waals surface area contributed by atoms with Crippen molar-refractivity contribution in [1.82, 2.24) is 15.0 Å². The van der Waals surface area contributed by atoms with Crippen molar-refractivity contribution in [2.75, 3.05) is 12.8 Å². The predicted octanol–water partition coefficient (Wildman–Crippen LogP) is 2.27. The van der Waals surface area contributed by atoms with Gasteiger partial charge in [0.05, 0.1) is 12.1 Å². The number of ether oxygens (including phenoxy) is 1. The largest absolute Gasteiger partial charge is 0.481 e. The summed E-state index contributed by atoms with van der Waals surface area (Å²) in [5.74, 6) is 0.561. The summed E-state index contributed by atoms with van der Waals surface area (Å²) in [4.78, 5) is 12.1. The van der Waals surface area contributed by atoms with Crippen LogP contribution in [0.2, 0.25) is 5.02 Å². The highest BCUT2D eigenvalue weighted by Crippen LogP contribution is 2.31. The van der Waals surface area contributed by atoms with E-state index in [2.05, 4.69) is 15.0 Å². The molecule has 0 bridgehead atoms. The fourth-order valence-corrected chi connectivity index (χ4v) is 2.14. The zero-order valence-corrected chi connectivity index (χ0v) is 10.5. The molecule has 0 amide bonds. The maximum atomic E-state index is 6.00. The number of hydrogen-bond acceptors (Lipinski definition) is 6. The second-order valence-corrected chi connectivity index (χ2v) is 4.42. The highest BCUT2D eigenvalue weighted by Gasteiger charge is 2.08. The molecule has 7 heteroatoms. The standard InChI is InChI=1S/C10H9ClN4OS/c1-16-7-5-8(15-10(12)14-7)17-9-6(11)3-2-4-13-9/h2-5H,1H3,(H2,12,14,15). The average molecular weight is 269 g/mol. The molecule has 0 atom stereocenters. The van der Waals surface area contributed by atoms with E-state index in [-0.39, 0.29) is 5.95 Å². The zero-order valence-electron chi connectivity index (χ0n) is 8.92. The lowest BCUT2D eigenvalue weighted by Crippen LogP contribution is -1.98. The fourth-order valence-electron chi connectivity index (χ4n) is 1.12. The number of nitrogen functional groups attached to an aromatic ring is 1. The van der Waals surface area contributed by atoms with Gasteiger partial charge >= 0.3 is 0 Å². The van der Waals surface area contributed by atoms with E-state index in [0.29, 0.717) is 21.0 Å². The Morgan fingerprint density at radius 3 is 2.94 bits per heavy atom. The summed E-state index contributed by atoms with van der Waals surface area (Å²) < 4.78 is 5.01. The molecule has 17 heavy (non-hydrogen) atoms. The van der Waals surface area contributed by atoms with Gasteiger partial charge in [0.25, 0.3) is 0 Å². The lowest BCUT2D eigenvalue weighted by molar-refractivity contribution is 0.396. The molecule has 0 unspecified atom stereocenters. The summed E-state index contributed by atoms with van der Waals surface area (Å²) in [5, 5.41) is 1.86. The molecule has 0 radical (unpaired) electrons. The normalized spacial score (nSPS) is 10.2. The van der Waals surface area contributed by atoms with Crippen molar-refractivity contribution in [2.24, 2.45) is 0 Å². The molecular weight excluding hydrogens is 260 g/mol. The van der Waals surface area contributed by atoms with Gasteiger partial charge in [-0.3, -0.25) is 0 Å². The molecular formula is C10H9ClN4OS. The molecule has 0 spiro atoms. The SMILES string of the molecule is COc1cc(Sc2ncccc2Cl)nc(N)n1. The van der Waals surface area contributed by atoms with Gasteiger partial charge in [-0.15, -0.1) is 0 Å². The Labute approximate surface area is 107 Å². The van der Waals surface area contributed by atoms with Crippen LogP contribution in [0.25, 0.3) is 0 Å². The molecule has 0 aromatic carbocycles. The summed E-state index contributed by atoms with van der Waals surface area (Å²) in [6, 6.07) is 5.20. The maximum Gasteiger partial charge on any atom is 0.224 e. The van der Waals surface area contributed by atoms with E-state index in [1.54, 1.807) is 24.4 Å². The molecule has 2 N–H and O–H groups in total. The molecule has 0 saturated carbocycles. The Hall–Kier alpha value is -1.53. The Morgan fingerprint density at radius 2 is 2.24 bits per heavy atom. The van der Waals surface area contributed by atoms with Crippen LogP contribution in [0.1, 0.15) is 0 Å². The maximum absolute atomic E-state index is 6.00. The van der Waals surface area contributed by atoms with E-state index in [9.17, 15) is 0 Å². The van der Waals surface area contributed by atoms with Crippen molar-refractivity contribution in [3.63, 3.8) is 0 Å². The number of pyridine rings is 1. The van der Waals surface area contributed by atoms with E-state index in [0.717, 1.165) is 0 Å². The molecule has 2 aromatic rings. The summed E-state index contributed by atoms with van der Waals surface area (Å²) >= 11 is 7.30. The highest BCUT2D eigenvalue weighted by molar-refractivity contribution is 7.99. The van der Waals surface area contributed by atoms with Gasteiger partial charge in [-0.2, -0.15) is 4.98 Å². The van der Waals surface area contributed by atoms with E-state index >= 15 is 0 Å². The Kier molecular flexibility index (Phi) is 3.65. The summed E-state index contributed by atoms with van der Waals surface area (Å²) in [7, 11) is 1.52. The lowest BCUT2D eigenvalue weighted by atomic mass is 10.5. The van der Waals surface area contributed by atoms with Crippen LogP contribution in [0.15, 0.2) is 34.4 Å². The minimum Gasteiger partial charge on any atom is -0.481 e. The van der Waals surface area contributed by atoms with Crippen LogP contribution < -0.4 is 10.5 Å². The van der Waals surface area contributed by atoms with Crippen molar-refractivity contribution in [1.29, 1.82) is 0 Å². The third-order valence-electron chi connectivity index (χ3n) is 1.83. The van der Waals surface area contributed by atoms with E-state index in [1.807, 2.05) is 0 Å². The molecule has 0 aliphatic heterocycles. The van der Waals surface area contributed by atoms with Gasteiger partial charge in [-0.05, 0) is 23.9 Å². The zero-order chi connectivity index (χ0) is 12.3. The van der Waals surface area contributed by atoms with Crippen molar-refractivity contribution >= 4 is 29.3 Å². The molecule has 5 nitrogen and oxygen atoms in total. The third kappa shape index (κ3) is 2.98. The van der Waals surface area contributed by atoms with E-state index in [1.165, 1.54) is 18.9 Å². The molecule has 0 aliphatic carbocycles. The number of hydrogen-bond donors (Lipinski definition) is 1. The van der Waals surface area contributed by atoms with Gasteiger partial charge in [0, 0.05) is 12.3 Å². The van der Waals surface area contributed by atoms with E-state index < -0.39 is 0 Å². The minimum absolute atomic E-state index is 0.152. The molecule has 0 aliphatic rings. The smallest absolute Gasteiger partial charge is 0.224 e. The second kappa shape index (κ2) is 5.20. The highest BCUT2D eigenvalue weighted by atomic mass is 35.5. The van der Waals surface area contributed by atoms with E-state index in [4.69, 9.17) is 22.1 Å². The van der Waals surface area contributed by atoms with Gasteiger partial charge in [0.15, 0.2) is 0 Å². The van der Waals surface area contributed by atoms with Gasteiger partial charge in [0.1, 0.15) is 10.1 Å². The Bertz CT molecular complexity index is 537. The first kappa shape index (κ1) is 11.9. The Morgan fingerprint density at radius 1 is 1.41 bits per heavy atom. The number of aromatic nitrogens is 3. The first-order valence-corrected chi connectivity index (χ1v) is 5.85. The number of halogens is 1. The van der Waals surface area contributed by atoms with Crippen LogP contribution in [0.3, 0.4) is 0 Å². The number of nitrogens with two attached hydrogens (primary N) is 1. The summed E-state index contributed by atoms with van der Waals surface area (Å²) in [6.07, 6.45) is 1.66. The molecule has 88 valence electrons. The first-order chi connectivity index (χ1) is 8.19. The predicted molar refractivity (Wildman–Crippen MR) is 66.4 cm³/mol. The van der Waals surface area contributed by atoms with Crippen LogP contribution >= 0.6 is 23.4 Å². The second-order valence-electron chi connectivity index (χ2n) is 3.00. The van der Waals surface area contributed by atoms with Crippen LogP contribution in [-0.2, 0) is 0 Å². The van der Waals surface area contributed by atoms with Gasteiger partial charge < -0.3 is 10.5 Å². The molecule has 2 heterocycles. The van der Waals surface area contributed by atoms with Crippen molar-refractivity contribution in [2.45, 2.75) is 10.1 Å². The van der Waals surface area contributed by atoms with Crippen molar-refractivity contribution in [3.8, 4) is 5.88 Å². The molecule has 0 fully saturated rings. The third-order valence-corrected chi connectivity index (χ3v) is 3.19. The van der Waals surface area contributed by atoms with Gasteiger partial charge in [-0.1, -0.05) is 11.6 Å². The number of methoxy groups -OCH3 is 1. The number of anilines is 1. The quantitative estimate of drug-likeness (QED) is 0.861. The first-order valence-electron chi connectivity index (χ1n) is 4.66. The Balaban J connectivity index is 2.30. The fraction of sp³-hybridized carbons (Fsp3) is 0.100. The molecule has 2 aromatic heterocycles. The summed E-state index contributed by atoms with van der Waals surface area (Å²) in [6.45, 7) is 0. The van der Waals surface area contributed by atoms with Crippen LogP contribution in [0, 0.1) is 0 Å². The van der Waals surface area contributed by atoms with Gasteiger partial charge in [0.2, 0.25) is 11.8 Å². The van der Waals surface area contributed by atoms with Crippen LogP contribution in [0.5, 0.6) is 5.88 Å². The minimum atomic E-state index is 0.152. The number of rotatable bonds is 3. The monoisotopic (exact) mass is 268 g/mol. The number of nitrogens with zero attached hydrogens (tertiary/aromatic N) is 3. The van der Waals surface area contributed by atoms with Crippen LogP contribution in [-0.4, -0.2) is 22.1 Å². The van der Waals surface area contributed by atoms with Crippen molar-refractivity contribution < 1.29 is 4.74 Å².